The lowest BCUT2D eigenvalue weighted by Crippen LogP contribution is -2.56. The second-order valence-corrected chi connectivity index (χ2v) is 132. The van der Waals surface area contributed by atoms with Gasteiger partial charge in [0.05, 0.1) is 0 Å². The summed E-state index contributed by atoms with van der Waals surface area (Å²) in [5.41, 5.74) is 0. The van der Waals surface area contributed by atoms with E-state index in [9.17, 15) is 125 Å². The van der Waals surface area contributed by atoms with Gasteiger partial charge in [0.25, 0.3) is 0 Å². The molecule has 0 aromatic heterocycles. The van der Waals surface area contributed by atoms with E-state index >= 15 is 0 Å². The molecule has 0 spiro atoms. The molecule has 0 saturated heterocycles. The lowest BCUT2D eigenvalue weighted by Gasteiger charge is -1.96. The summed E-state index contributed by atoms with van der Waals surface area (Å²) in [6.45, 7) is 0. The van der Waals surface area contributed by atoms with Gasteiger partial charge in [-0.05, 0) is 0 Å². The van der Waals surface area contributed by atoms with Gasteiger partial charge in [-0.3, -0.25) is 0 Å². The van der Waals surface area contributed by atoms with E-state index < -0.39 is 220 Å². The second-order valence-electron chi connectivity index (χ2n) is 8.78. The summed E-state index contributed by atoms with van der Waals surface area (Å²) in [4.78, 5) is 0. The minimum Gasteiger partial charge on any atom is -0.522 e. The Hall–Kier alpha value is 0.273. The summed E-state index contributed by atoms with van der Waals surface area (Å²) in [5, 5.41) is 0. The summed E-state index contributed by atoms with van der Waals surface area (Å²) >= 11 is 0. The van der Waals surface area contributed by atoms with Crippen LogP contribution in [0.5, 0.6) is 0 Å². The molecule has 0 bridgehead atoms. The van der Waals surface area contributed by atoms with E-state index in [1.807, 2.05) is 0 Å². The van der Waals surface area contributed by atoms with Crippen molar-refractivity contribution in [1.29, 1.82) is 0 Å². The van der Waals surface area contributed by atoms with Gasteiger partial charge >= 0.3 is 220 Å². The van der Waals surface area contributed by atoms with Crippen LogP contribution in [-0.2, 0) is 129 Å². The molecule has 0 aromatic rings. The lowest BCUT2D eigenvalue weighted by molar-refractivity contribution is 0.430. The molecule has 0 aliphatic heterocycles. The molecular weight excluding hydrogens is 1250 g/mol. The highest BCUT2D eigenvalue weighted by Gasteiger charge is 2.56. The van der Waals surface area contributed by atoms with Gasteiger partial charge in [0.2, 0.25) is 0 Å². The van der Waals surface area contributed by atoms with Gasteiger partial charge in [-0.25, -0.2) is 0 Å². The van der Waals surface area contributed by atoms with Crippen molar-refractivity contribution < 1.29 is 129 Å². The van der Waals surface area contributed by atoms with Gasteiger partial charge < -0.3 is 129 Å². The fourth-order valence-corrected chi connectivity index (χ4v) is 270. The fourth-order valence-electron chi connectivity index (χ4n) is 2.52. The van der Waals surface area contributed by atoms with Crippen LogP contribution in [0.3, 0.4) is 0 Å². The monoisotopic (exact) mass is 1250 g/mol. The maximum Gasteiger partial charge on any atom is 0.539 e. The van der Waals surface area contributed by atoms with Crippen LogP contribution in [0.4, 0.5) is 0 Å². The Bertz CT molecular complexity index is 2180. The molecule has 0 unspecified atom stereocenters. The Kier molecular flexibility index (Phi) is 26.2. The van der Waals surface area contributed by atoms with Crippen molar-refractivity contribution in [3.8, 4) is 0 Å². The average Bonchev–Trinajstić information content (AvgIpc) is 3.21. The molecule has 0 aliphatic carbocycles. The molecule has 0 saturated carbocycles. The summed E-state index contributed by atoms with van der Waals surface area (Å²) in [5.74, 6) is 0. The lowest BCUT2D eigenvalue weighted by atomic mass is 15.8. The SMILES string of the molecule is O=[Si][Si](=O)[Si](=O)[Si](=O)[Si](=O)[Si](=O)[Si](=O)[Si](=O)[Si](=O)[Si](=O)[Si](=O)[Si](=O)[Si](=O)[Si](=O)O[Si](=O)[Si](=O)[Si](=O)[Si](=O)[Si](=O)[Si](=O)[Si](=O)[Si](=O)[Si](=O)[Si](=O)[Si](=O)[Si](=O)[Si](=O)[Si]=O. The molecule has 286 valence electrons. The number of hydrogen-bond donors (Lipinski definition) is 0. The Balaban J connectivity index is 5.71. The number of hydrogen-bond acceptors (Lipinski definition) is 29. The normalized spacial score (nSPS) is 9.61. The smallest absolute Gasteiger partial charge is 0.522 e. The highest BCUT2D eigenvalue weighted by atomic mass is 30.1. The molecule has 29 nitrogen and oxygen atoms in total. The zero-order valence-electron chi connectivity index (χ0n) is 25.8. The predicted molar refractivity (Wildman–Crippen MR) is 181 cm³/mol. The van der Waals surface area contributed by atoms with Crippen LogP contribution in [0, 0.1) is 0 Å². The molecule has 0 aliphatic rings. The first-order valence-electron chi connectivity index (χ1n) is 12.6. The van der Waals surface area contributed by atoms with Crippen LogP contribution in [0.15, 0.2) is 0 Å². The van der Waals surface area contributed by atoms with Crippen molar-refractivity contribution in [1.82, 2.24) is 0 Å². The standard InChI is InChI=1S/O29Si28/c1-30-34(5)38(9)42(13)46(17)50(21)54(25)56(27)52(23)48(19)44(15)40(11)36(7)32(3)29-33(4)37(8)41(12)45(16)49(20)53(24)57(28)55(26)51(22)47(18)43(14)39(10)35(6)31-2. The fraction of sp³-hybridized carbons (Fsp3) is 0. The van der Waals surface area contributed by atoms with Gasteiger partial charge in [-0.1, -0.05) is 0 Å². The zero-order valence-corrected chi connectivity index (χ0v) is 53.8. The van der Waals surface area contributed by atoms with E-state index in [1.165, 1.54) is 0 Å². The minimum absolute atomic E-state index is 1.75. The van der Waals surface area contributed by atoms with Crippen molar-refractivity contribution in [2.75, 3.05) is 0 Å². The van der Waals surface area contributed by atoms with Gasteiger partial charge in [-0.2, -0.15) is 0 Å². The van der Waals surface area contributed by atoms with Crippen LogP contribution in [0.1, 0.15) is 0 Å². The average molecular weight is 1250 g/mol. The van der Waals surface area contributed by atoms with Crippen LogP contribution < -0.4 is 0 Å². The molecular formula is O29Si28. The zero-order chi connectivity index (χ0) is 45.1. The third kappa shape index (κ3) is 15.2. The Morgan fingerprint density at radius 1 is 0.193 bits per heavy atom. The van der Waals surface area contributed by atoms with Gasteiger partial charge in [0, 0.05) is 0 Å². The van der Waals surface area contributed by atoms with Crippen molar-refractivity contribution in [2.24, 2.45) is 0 Å². The van der Waals surface area contributed by atoms with Crippen LogP contribution in [0.25, 0.3) is 0 Å². The molecule has 0 rings (SSSR count). The molecule has 0 N–H and O–H groups in total. The van der Waals surface area contributed by atoms with Crippen molar-refractivity contribution in [3.63, 3.8) is 0 Å². The summed E-state index contributed by atoms with van der Waals surface area (Å²) in [6, 6.07) is 0. The van der Waals surface area contributed by atoms with Gasteiger partial charge in [0.1, 0.15) is 0 Å². The third-order valence-corrected chi connectivity index (χ3v) is 194. The Morgan fingerprint density at radius 3 is 0.456 bits per heavy atom. The molecule has 0 atom stereocenters. The van der Waals surface area contributed by atoms with Gasteiger partial charge in [-0.15, -0.1) is 0 Å². The van der Waals surface area contributed by atoms with Crippen molar-refractivity contribution >= 4 is 220 Å². The first-order chi connectivity index (χ1) is 26.1. The molecule has 57 heteroatoms. The highest BCUT2D eigenvalue weighted by molar-refractivity contribution is 7.81. The van der Waals surface area contributed by atoms with Crippen LogP contribution in [-0.4, -0.2) is 220 Å². The predicted octanol–water partition coefficient (Wildman–Crippen LogP) is -14.1. The van der Waals surface area contributed by atoms with Crippen molar-refractivity contribution in [2.45, 2.75) is 0 Å². The maximum absolute atomic E-state index is 12.5. The number of rotatable bonds is 28. The van der Waals surface area contributed by atoms with E-state index in [4.69, 9.17) is 0 Å². The first kappa shape index (κ1) is 57.3. The Morgan fingerprint density at radius 2 is 0.316 bits per heavy atom. The summed E-state index contributed by atoms with van der Waals surface area (Å²) < 4.78 is 342. The second kappa shape index (κ2) is 26.0. The molecule has 57 heavy (non-hydrogen) atoms. The topological polar surface area (TPSA) is 487 Å². The molecule has 2 radical (unpaired) electrons. The Labute approximate surface area is 345 Å². The summed E-state index contributed by atoms with van der Waals surface area (Å²) in [6.07, 6.45) is 0. The highest BCUT2D eigenvalue weighted by Crippen LogP contribution is 1.90. The maximum atomic E-state index is 12.5. The van der Waals surface area contributed by atoms with E-state index in [0.717, 1.165) is 0 Å². The molecule has 0 aromatic carbocycles. The quantitative estimate of drug-likeness (QED) is 0.0656. The van der Waals surface area contributed by atoms with E-state index in [0.29, 0.717) is 0 Å². The van der Waals surface area contributed by atoms with E-state index in [1.54, 1.807) is 0 Å². The largest absolute Gasteiger partial charge is 0.539 e. The van der Waals surface area contributed by atoms with Crippen LogP contribution >= 0.6 is 0 Å². The van der Waals surface area contributed by atoms with Gasteiger partial charge in [0.15, 0.2) is 0 Å². The third-order valence-electron chi connectivity index (χ3n) is 5.28. The molecule has 0 heterocycles. The van der Waals surface area contributed by atoms with E-state index in [-0.39, 0.29) is 0 Å². The first-order valence-corrected chi connectivity index (χ1v) is 76.9. The minimum atomic E-state index is -4.62. The van der Waals surface area contributed by atoms with Crippen LogP contribution in [0.2, 0.25) is 0 Å². The molecule has 0 fully saturated rings. The van der Waals surface area contributed by atoms with E-state index in [2.05, 4.69) is 4.12 Å². The van der Waals surface area contributed by atoms with Crippen molar-refractivity contribution in [3.05, 3.63) is 0 Å². The summed E-state index contributed by atoms with van der Waals surface area (Å²) in [7, 11) is -116. The molecule has 0 amide bonds.